The van der Waals surface area contributed by atoms with E-state index < -0.39 is 11.8 Å². The molecule has 0 aliphatic carbocycles. The van der Waals surface area contributed by atoms with E-state index in [0.29, 0.717) is 16.2 Å². The molecular weight excluding hydrogens is 257 g/mol. The molecule has 0 aliphatic rings. The molecule has 0 bridgehead atoms. The van der Waals surface area contributed by atoms with E-state index in [1.54, 1.807) is 6.07 Å². The first-order valence-corrected chi connectivity index (χ1v) is 5.81. The molecular formula is C12H10FNO3S. The molecule has 1 heterocycles. The minimum atomic E-state index is -1.11. The zero-order valence-electron chi connectivity index (χ0n) is 9.44. The maximum atomic E-state index is 13.8. The molecule has 0 saturated heterocycles. The van der Waals surface area contributed by atoms with E-state index in [1.165, 1.54) is 25.3 Å². The van der Waals surface area contributed by atoms with Crippen molar-refractivity contribution in [2.45, 2.75) is 0 Å². The summed E-state index contributed by atoms with van der Waals surface area (Å²) < 4.78 is 18.7. The lowest BCUT2D eigenvalue weighted by molar-refractivity contribution is 0.0703. The van der Waals surface area contributed by atoms with Crippen LogP contribution in [0.1, 0.15) is 9.67 Å². The number of nitrogen functional groups attached to an aromatic ring is 1. The molecule has 6 heteroatoms. The molecule has 0 fully saturated rings. The highest BCUT2D eigenvalue weighted by atomic mass is 32.1. The van der Waals surface area contributed by atoms with Crippen molar-refractivity contribution in [3.8, 4) is 16.2 Å². The van der Waals surface area contributed by atoms with Crippen molar-refractivity contribution in [1.29, 1.82) is 0 Å². The zero-order chi connectivity index (χ0) is 13.3. The van der Waals surface area contributed by atoms with Crippen LogP contribution < -0.4 is 10.5 Å². The van der Waals surface area contributed by atoms with Gasteiger partial charge in [0.05, 0.1) is 12.8 Å². The summed E-state index contributed by atoms with van der Waals surface area (Å²) in [7, 11) is 1.44. The number of rotatable bonds is 3. The second kappa shape index (κ2) is 4.66. The van der Waals surface area contributed by atoms with Gasteiger partial charge in [-0.1, -0.05) is 0 Å². The summed E-state index contributed by atoms with van der Waals surface area (Å²) in [5.41, 5.74) is 6.01. The maximum Gasteiger partial charge on any atom is 0.348 e. The van der Waals surface area contributed by atoms with Crippen molar-refractivity contribution in [3.05, 3.63) is 35.0 Å². The van der Waals surface area contributed by atoms with Crippen LogP contribution in [0.25, 0.3) is 10.4 Å². The number of aromatic carboxylic acids is 1. The van der Waals surface area contributed by atoms with Gasteiger partial charge in [-0.25, -0.2) is 9.18 Å². The van der Waals surface area contributed by atoms with Crippen molar-refractivity contribution in [3.63, 3.8) is 0 Å². The molecule has 0 amide bonds. The summed E-state index contributed by atoms with van der Waals surface area (Å²) in [6.07, 6.45) is 0. The smallest absolute Gasteiger partial charge is 0.348 e. The van der Waals surface area contributed by atoms with Crippen LogP contribution in [0, 0.1) is 5.82 Å². The van der Waals surface area contributed by atoms with Crippen LogP contribution in [0.15, 0.2) is 24.3 Å². The van der Waals surface area contributed by atoms with Gasteiger partial charge >= 0.3 is 5.97 Å². The van der Waals surface area contributed by atoms with Crippen molar-refractivity contribution in [2.75, 3.05) is 12.8 Å². The second-order valence-corrected chi connectivity index (χ2v) is 4.60. The zero-order valence-corrected chi connectivity index (χ0v) is 10.3. The van der Waals surface area contributed by atoms with Gasteiger partial charge in [0.2, 0.25) is 0 Å². The predicted molar refractivity (Wildman–Crippen MR) is 67.6 cm³/mol. The van der Waals surface area contributed by atoms with Crippen LogP contribution in [0.5, 0.6) is 5.75 Å². The summed E-state index contributed by atoms with van der Waals surface area (Å²) in [5, 5.41) is 8.89. The van der Waals surface area contributed by atoms with Crippen LogP contribution in [-0.2, 0) is 0 Å². The van der Waals surface area contributed by atoms with Gasteiger partial charge in [0.25, 0.3) is 0 Å². The Bertz CT molecular complexity index is 609. The van der Waals surface area contributed by atoms with Gasteiger partial charge < -0.3 is 15.6 Å². The van der Waals surface area contributed by atoms with Crippen molar-refractivity contribution < 1.29 is 19.0 Å². The summed E-state index contributed by atoms with van der Waals surface area (Å²) in [4.78, 5) is 11.4. The fourth-order valence-corrected chi connectivity index (χ4v) is 2.47. The number of thiophene rings is 1. The number of methoxy groups -OCH3 is 1. The molecule has 0 unspecified atom stereocenters. The summed E-state index contributed by atoms with van der Waals surface area (Å²) in [5.74, 6) is -1.19. The van der Waals surface area contributed by atoms with Crippen LogP contribution in [0.3, 0.4) is 0 Å². The molecule has 1 aromatic carbocycles. The standard InChI is InChI=1S/C12H10FNO3S/c1-17-6-2-3-7(8(13)4-6)10-5-9(14)11(18-10)12(15)16/h2-5H,14H2,1H3,(H,15,16). The molecule has 0 atom stereocenters. The molecule has 4 nitrogen and oxygen atoms in total. The number of halogens is 1. The van der Waals surface area contributed by atoms with Crippen LogP contribution in [0.2, 0.25) is 0 Å². The molecule has 18 heavy (non-hydrogen) atoms. The third-order valence-corrected chi connectivity index (χ3v) is 3.57. The minimum Gasteiger partial charge on any atom is -0.497 e. The first kappa shape index (κ1) is 12.4. The molecule has 0 radical (unpaired) electrons. The fourth-order valence-electron chi connectivity index (χ4n) is 1.53. The summed E-state index contributed by atoms with van der Waals surface area (Å²) in [6, 6.07) is 5.84. The summed E-state index contributed by atoms with van der Waals surface area (Å²) >= 11 is 0.943. The first-order valence-electron chi connectivity index (χ1n) is 4.99. The largest absolute Gasteiger partial charge is 0.497 e. The third kappa shape index (κ3) is 2.14. The first-order chi connectivity index (χ1) is 8.52. The molecule has 0 saturated carbocycles. The number of benzene rings is 1. The number of carboxylic acid groups (broad SMARTS) is 1. The molecule has 2 aromatic rings. The highest BCUT2D eigenvalue weighted by molar-refractivity contribution is 7.17. The molecule has 0 aliphatic heterocycles. The van der Waals surface area contributed by atoms with Crippen LogP contribution >= 0.6 is 11.3 Å². The molecule has 94 valence electrons. The molecule has 3 N–H and O–H groups in total. The van der Waals surface area contributed by atoms with Crippen molar-refractivity contribution in [2.24, 2.45) is 0 Å². The normalized spacial score (nSPS) is 10.3. The Labute approximate surface area is 106 Å². The van der Waals surface area contributed by atoms with Crippen molar-refractivity contribution >= 4 is 23.0 Å². The Kier molecular flexibility index (Phi) is 3.20. The lowest BCUT2D eigenvalue weighted by Gasteiger charge is -2.03. The third-order valence-electron chi connectivity index (χ3n) is 2.40. The van der Waals surface area contributed by atoms with Gasteiger partial charge in [0.15, 0.2) is 0 Å². The number of hydrogen-bond donors (Lipinski definition) is 2. The Morgan fingerprint density at radius 2 is 2.17 bits per heavy atom. The Morgan fingerprint density at radius 1 is 1.44 bits per heavy atom. The fraction of sp³-hybridized carbons (Fsp3) is 0.0833. The van der Waals surface area contributed by atoms with Gasteiger partial charge in [-0.2, -0.15) is 0 Å². The number of carbonyl (C=O) groups is 1. The van der Waals surface area contributed by atoms with E-state index >= 15 is 0 Å². The number of anilines is 1. The number of hydrogen-bond acceptors (Lipinski definition) is 4. The van der Waals surface area contributed by atoms with E-state index in [-0.39, 0.29) is 10.6 Å². The van der Waals surface area contributed by atoms with E-state index in [4.69, 9.17) is 15.6 Å². The second-order valence-electron chi connectivity index (χ2n) is 3.55. The summed E-state index contributed by atoms with van der Waals surface area (Å²) in [6.45, 7) is 0. The van der Waals surface area contributed by atoms with E-state index in [2.05, 4.69) is 0 Å². The van der Waals surface area contributed by atoms with Crippen LogP contribution in [-0.4, -0.2) is 18.2 Å². The lowest BCUT2D eigenvalue weighted by Crippen LogP contribution is -1.96. The van der Waals surface area contributed by atoms with Gasteiger partial charge in [-0.3, -0.25) is 0 Å². The average Bonchev–Trinajstić information content (AvgIpc) is 2.71. The Hall–Kier alpha value is -2.08. The predicted octanol–water partition coefficient (Wildman–Crippen LogP) is 2.84. The Balaban J connectivity index is 2.49. The van der Waals surface area contributed by atoms with Gasteiger partial charge in [-0.05, 0) is 18.2 Å². The Morgan fingerprint density at radius 3 is 2.67 bits per heavy atom. The lowest BCUT2D eigenvalue weighted by atomic mass is 10.1. The quantitative estimate of drug-likeness (QED) is 0.896. The van der Waals surface area contributed by atoms with Gasteiger partial charge in [0, 0.05) is 16.5 Å². The minimum absolute atomic E-state index is 0.0141. The van der Waals surface area contributed by atoms with Gasteiger partial charge in [0.1, 0.15) is 16.4 Å². The number of ether oxygens (including phenoxy) is 1. The van der Waals surface area contributed by atoms with Crippen LogP contribution in [0.4, 0.5) is 10.1 Å². The number of carboxylic acids is 1. The van der Waals surface area contributed by atoms with E-state index in [9.17, 15) is 9.18 Å². The van der Waals surface area contributed by atoms with E-state index in [0.717, 1.165) is 11.3 Å². The van der Waals surface area contributed by atoms with Crippen molar-refractivity contribution in [1.82, 2.24) is 0 Å². The van der Waals surface area contributed by atoms with Gasteiger partial charge in [-0.15, -0.1) is 11.3 Å². The highest BCUT2D eigenvalue weighted by Gasteiger charge is 2.16. The van der Waals surface area contributed by atoms with E-state index in [1.807, 2.05) is 0 Å². The topological polar surface area (TPSA) is 72.5 Å². The average molecular weight is 267 g/mol. The molecule has 1 aromatic heterocycles. The number of nitrogens with two attached hydrogens (primary N) is 1. The SMILES string of the molecule is COc1ccc(-c2cc(N)c(C(=O)O)s2)c(F)c1. The molecule has 2 rings (SSSR count). The maximum absolute atomic E-state index is 13.8. The molecule has 0 spiro atoms. The monoisotopic (exact) mass is 267 g/mol. The highest BCUT2D eigenvalue weighted by Crippen LogP contribution is 2.35.